The van der Waals surface area contributed by atoms with Crippen LogP contribution in [0.3, 0.4) is 0 Å². The first-order valence-electron chi connectivity index (χ1n) is 5.64. The average Bonchev–Trinajstić information content (AvgIpc) is 2.39. The molecule has 0 spiro atoms. The van der Waals surface area contributed by atoms with Crippen molar-refractivity contribution in [1.82, 2.24) is 5.32 Å². The van der Waals surface area contributed by atoms with Gasteiger partial charge in [0, 0.05) is 12.2 Å². The maximum Gasteiger partial charge on any atom is 0.253 e. The van der Waals surface area contributed by atoms with E-state index in [9.17, 15) is 9.18 Å². The quantitative estimate of drug-likeness (QED) is 0.848. The number of amides is 1. The highest BCUT2D eigenvalue weighted by atomic mass is 35.5. The van der Waals surface area contributed by atoms with Gasteiger partial charge in [0.25, 0.3) is 5.91 Å². The summed E-state index contributed by atoms with van der Waals surface area (Å²) in [6, 6.07) is 11.3. The Kier molecular flexibility index (Phi) is 4.02. The van der Waals surface area contributed by atoms with Crippen LogP contribution in [0.4, 0.5) is 10.1 Å². The summed E-state index contributed by atoms with van der Waals surface area (Å²) in [4.78, 5) is 11.9. The third-order valence-electron chi connectivity index (χ3n) is 2.60. The molecule has 0 unspecified atom stereocenters. The Bertz CT molecular complexity index is 616. The summed E-state index contributed by atoms with van der Waals surface area (Å²) in [6.07, 6.45) is 0. The van der Waals surface area contributed by atoms with Crippen LogP contribution >= 0.6 is 11.6 Å². The van der Waals surface area contributed by atoms with E-state index in [-0.39, 0.29) is 10.6 Å². The van der Waals surface area contributed by atoms with E-state index in [2.05, 4.69) is 5.32 Å². The molecule has 3 N–H and O–H groups in total. The van der Waals surface area contributed by atoms with E-state index in [0.717, 1.165) is 5.56 Å². The summed E-state index contributed by atoms with van der Waals surface area (Å²) < 4.78 is 13.2. The Hall–Kier alpha value is -2.07. The summed E-state index contributed by atoms with van der Waals surface area (Å²) in [6.45, 7) is 0.302. The lowest BCUT2D eigenvalue weighted by atomic mass is 10.1. The molecule has 0 radical (unpaired) electrons. The molecular formula is C14H12ClFN2O. The smallest absolute Gasteiger partial charge is 0.253 e. The van der Waals surface area contributed by atoms with Crippen molar-refractivity contribution in [3.05, 3.63) is 64.4 Å². The lowest BCUT2D eigenvalue weighted by Gasteiger charge is -2.07. The summed E-state index contributed by atoms with van der Waals surface area (Å²) in [5, 5.41) is 2.49. The standard InChI is InChI=1S/C14H12ClFN2O/c15-13-11(5-2-6-12(13)16)14(19)18-8-9-3-1-4-10(17)7-9/h1-7H,8,17H2,(H,18,19). The number of carbonyl (C=O) groups is 1. The highest BCUT2D eigenvalue weighted by Crippen LogP contribution is 2.19. The zero-order valence-corrected chi connectivity index (χ0v) is 10.7. The molecule has 3 nitrogen and oxygen atoms in total. The van der Waals surface area contributed by atoms with Crippen molar-refractivity contribution in [2.24, 2.45) is 0 Å². The van der Waals surface area contributed by atoms with E-state index in [0.29, 0.717) is 12.2 Å². The SMILES string of the molecule is Nc1cccc(CNC(=O)c2cccc(F)c2Cl)c1. The van der Waals surface area contributed by atoms with Crippen LogP contribution in [0.1, 0.15) is 15.9 Å². The largest absolute Gasteiger partial charge is 0.399 e. The lowest BCUT2D eigenvalue weighted by Crippen LogP contribution is -2.23. The first kappa shape index (κ1) is 13.4. The van der Waals surface area contributed by atoms with Crippen molar-refractivity contribution in [3.63, 3.8) is 0 Å². The van der Waals surface area contributed by atoms with Crippen LogP contribution in [-0.2, 0) is 6.54 Å². The number of anilines is 1. The molecule has 0 saturated heterocycles. The third kappa shape index (κ3) is 3.23. The van der Waals surface area contributed by atoms with Gasteiger partial charge in [-0.15, -0.1) is 0 Å². The van der Waals surface area contributed by atoms with E-state index in [1.54, 1.807) is 18.2 Å². The van der Waals surface area contributed by atoms with Gasteiger partial charge in [0.05, 0.1) is 10.6 Å². The molecule has 0 aromatic heterocycles. The van der Waals surface area contributed by atoms with Crippen LogP contribution in [0.15, 0.2) is 42.5 Å². The molecule has 2 rings (SSSR count). The molecule has 0 heterocycles. The van der Waals surface area contributed by atoms with E-state index in [1.165, 1.54) is 18.2 Å². The summed E-state index contributed by atoms with van der Waals surface area (Å²) in [5.41, 5.74) is 7.24. The molecule has 1 amide bonds. The first-order valence-corrected chi connectivity index (χ1v) is 6.02. The molecule has 19 heavy (non-hydrogen) atoms. The Labute approximate surface area is 115 Å². The lowest BCUT2D eigenvalue weighted by molar-refractivity contribution is 0.0950. The topological polar surface area (TPSA) is 55.1 Å². The third-order valence-corrected chi connectivity index (χ3v) is 2.98. The Morgan fingerprint density at radius 1 is 1.26 bits per heavy atom. The Morgan fingerprint density at radius 3 is 2.74 bits per heavy atom. The molecule has 98 valence electrons. The van der Waals surface area contributed by atoms with Gasteiger partial charge >= 0.3 is 0 Å². The van der Waals surface area contributed by atoms with E-state index < -0.39 is 11.7 Å². The van der Waals surface area contributed by atoms with Crippen LogP contribution in [0, 0.1) is 5.82 Å². The molecule has 0 aliphatic rings. The van der Waals surface area contributed by atoms with Crippen molar-refractivity contribution >= 4 is 23.2 Å². The minimum atomic E-state index is -0.613. The van der Waals surface area contributed by atoms with Crippen molar-refractivity contribution in [1.29, 1.82) is 0 Å². The summed E-state index contributed by atoms with van der Waals surface area (Å²) in [7, 11) is 0. The van der Waals surface area contributed by atoms with Gasteiger partial charge < -0.3 is 11.1 Å². The fourth-order valence-corrected chi connectivity index (χ4v) is 1.87. The maximum atomic E-state index is 13.2. The van der Waals surface area contributed by atoms with Crippen molar-refractivity contribution in [2.75, 3.05) is 5.73 Å². The minimum Gasteiger partial charge on any atom is -0.399 e. The van der Waals surface area contributed by atoms with Crippen LogP contribution in [0.5, 0.6) is 0 Å². The molecule has 0 aliphatic heterocycles. The van der Waals surface area contributed by atoms with Crippen LogP contribution < -0.4 is 11.1 Å². The van der Waals surface area contributed by atoms with Gasteiger partial charge in [0.2, 0.25) is 0 Å². The summed E-state index contributed by atoms with van der Waals surface area (Å²) >= 11 is 5.74. The number of nitrogens with two attached hydrogens (primary N) is 1. The van der Waals surface area contributed by atoms with E-state index in [1.807, 2.05) is 6.07 Å². The molecule has 0 saturated carbocycles. The number of carbonyl (C=O) groups excluding carboxylic acids is 1. The second-order valence-corrected chi connectivity index (χ2v) is 4.41. The Morgan fingerprint density at radius 2 is 2.00 bits per heavy atom. The molecule has 0 bridgehead atoms. The van der Waals surface area contributed by atoms with Crippen molar-refractivity contribution < 1.29 is 9.18 Å². The second kappa shape index (κ2) is 5.71. The number of rotatable bonds is 3. The molecule has 0 aliphatic carbocycles. The van der Waals surface area contributed by atoms with E-state index in [4.69, 9.17) is 17.3 Å². The van der Waals surface area contributed by atoms with E-state index >= 15 is 0 Å². The normalized spacial score (nSPS) is 10.2. The van der Waals surface area contributed by atoms with Crippen LogP contribution in [0.2, 0.25) is 5.02 Å². The fraction of sp³-hybridized carbons (Fsp3) is 0.0714. The molecule has 5 heteroatoms. The molecule has 0 fully saturated rings. The average molecular weight is 279 g/mol. The first-order chi connectivity index (χ1) is 9.08. The zero-order valence-electron chi connectivity index (χ0n) is 9.99. The predicted molar refractivity (Wildman–Crippen MR) is 73.4 cm³/mol. The molecule has 2 aromatic carbocycles. The second-order valence-electron chi connectivity index (χ2n) is 4.03. The van der Waals surface area contributed by atoms with Gasteiger partial charge in [-0.05, 0) is 29.8 Å². The number of halogens is 2. The minimum absolute atomic E-state index is 0.116. The number of hydrogen-bond donors (Lipinski definition) is 2. The summed E-state index contributed by atoms with van der Waals surface area (Å²) in [5.74, 6) is -1.04. The van der Waals surface area contributed by atoms with Crippen molar-refractivity contribution in [2.45, 2.75) is 6.54 Å². The van der Waals surface area contributed by atoms with Gasteiger partial charge in [0.15, 0.2) is 0 Å². The van der Waals surface area contributed by atoms with Gasteiger partial charge in [-0.1, -0.05) is 29.8 Å². The van der Waals surface area contributed by atoms with Gasteiger partial charge in [0.1, 0.15) is 5.82 Å². The maximum absolute atomic E-state index is 13.2. The number of benzene rings is 2. The highest BCUT2D eigenvalue weighted by molar-refractivity contribution is 6.34. The van der Waals surface area contributed by atoms with Gasteiger partial charge in [-0.3, -0.25) is 4.79 Å². The van der Waals surface area contributed by atoms with Gasteiger partial charge in [-0.25, -0.2) is 4.39 Å². The predicted octanol–water partition coefficient (Wildman–Crippen LogP) is 2.99. The molecule has 0 atom stereocenters. The number of nitrogen functional groups attached to an aromatic ring is 1. The number of hydrogen-bond acceptors (Lipinski definition) is 2. The monoisotopic (exact) mass is 278 g/mol. The highest BCUT2D eigenvalue weighted by Gasteiger charge is 2.12. The molecular weight excluding hydrogens is 267 g/mol. The Balaban J connectivity index is 2.08. The van der Waals surface area contributed by atoms with Crippen LogP contribution in [-0.4, -0.2) is 5.91 Å². The van der Waals surface area contributed by atoms with Gasteiger partial charge in [-0.2, -0.15) is 0 Å². The fourth-order valence-electron chi connectivity index (χ4n) is 1.66. The zero-order chi connectivity index (χ0) is 13.8. The molecule has 2 aromatic rings. The number of nitrogens with one attached hydrogen (secondary N) is 1. The van der Waals surface area contributed by atoms with Crippen LogP contribution in [0.25, 0.3) is 0 Å². The van der Waals surface area contributed by atoms with Crippen molar-refractivity contribution in [3.8, 4) is 0 Å².